The number of anilines is 1. The molecule has 4 heteroatoms. The standard InChI is InChI=1S/C10H15N3O/c1-2-10(4-3-5-10)13-8-9(14)12-7-6-11-8/h6-7H,2-5H2,1H3,(H,11,13)(H,12,14). The molecule has 0 radical (unpaired) electrons. The fourth-order valence-corrected chi connectivity index (χ4v) is 1.86. The number of nitrogens with one attached hydrogen (secondary N) is 2. The van der Waals surface area contributed by atoms with Crippen LogP contribution in [0.3, 0.4) is 0 Å². The number of nitrogens with zero attached hydrogens (tertiary/aromatic N) is 1. The Kier molecular flexibility index (Phi) is 2.27. The quantitative estimate of drug-likeness (QED) is 0.765. The van der Waals surface area contributed by atoms with Gasteiger partial charge in [0, 0.05) is 17.9 Å². The van der Waals surface area contributed by atoms with Gasteiger partial charge in [0.25, 0.3) is 5.56 Å². The van der Waals surface area contributed by atoms with Crippen molar-refractivity contribution in [3.05, 3.63) is 22.7 Å². The molecule has 2 N–H and O–H groups in total. The minimum absolute atomic E-state index is 0.126. The molecule has 76 valence electrons. The Morgan fingerprint density at radius 2 is 2.43 bits per heavy atom. The molecule has 0 atom stereocenters. The molecular weight excluding hydrogens is 178 g/mol. The van der Waals surface area contributed by atoms with E-state index in [4.69, 9.17) is 0 Å². The van der Waals surface area contributed by atoms with Gasteiger partial charge in [-0.1, -0.05) is 6.92 Å². The second-order valence-corrected chi connectivity index (χ2v) is 3.88. The molecule has 2 rings (SSSR count). The van der Waals surface area contributed by atoms with Gasteiger partial charge in [-0.3, -0.25) is 4.79 Å². The van der Waals surface area contributed by atoms with Crippen molar-refractivity contribution >= 4 is 5.82 Å². The number of aromatic nitrogens is 2. The average molecular weight is 193 g/mol. The SMILES string of the molecule is CCC1(Nc2ncc[nH]c2=O)CCC1. The first-order valence-electron chi connectivity index (χ1n) is 5.08. The molecule has 1 aromatic heterocycles. The second-order valence-electron chi connectivity index (χ2n) is 3.88. The summed E-state index contributed by atoms with van der Waals surface area (Å²) in [6.07, 6.45) is 7.71. The Morgan fingerprint density at radius 1 is 1.64 bits per heavy atom. The molecule has 0 aliphatic heterocycles. The zero-order chi connectivity index (χ0) is 10.0. The van der Waals surface area contributed by atoms with E-state index in [1.165, 1.54) is 6.42 Å². The van der Waals surface area contributed by atoms with Crippen LogP contribution >= 0.6 is 0 Å². The molecule has 0 unspecified atom stereocenters. The van der Waals surface area contributed by atoms with E-state index in [1.54, 1.807) is 12.4 Å². The summed E-state index contributed by atoms with van der Waals surface area (Å²) in [5.74, 6) is 0.453. The van der Waals surface area contributed by atoms with Crippen molar-refractivity contribution in [1.82, 2.24) is 9.97 Å². The number of aromatic amines is 1. The fraction of sp³-hybridized carbons (Fsp3) is 0.600. The van der Waals surface area contributed by atoms with Crippen LogP contribution < -0.4 is 10.9 Å². The molecule has 0 bridgehead atoms. The minimum atomic E-state index is -0.132. The van der Waals surface area contributed by atoms with Gasteiger partial charge in [-0.15, -0.1) is 0 Å². The van der Waals surface area contributed by atoms with Crippen LogP contribution in [0.1, 0.15) is 32.6 Å². The van der Waals surface area contributed by atoms with Gasteiger partial charge in [-0.05, 0) is 25.7 Å². The lowest BCUT2D eigenvalue weighted by Crippen LogP contribution is -2.45. The van der Waals surface area contributed by atoms with Gasteiger partial charge in [-0.25, -0.2) is 4.98 Å². The molecule has 1 aliphatic rings. The van der Waals surface area contributed by atoms with Crippen molar-refractivity contribution in [3.8, 4) is 0 Å². The Bertz CT molecular complexity index is 362. The molecule has 14 heavy (non-hydrogen) atoms. The Labute approximate surface area is 82.8 Å². The summed E-state index contributed by atoms with van der Waals surface area (Å²) in [6.45, 7) is 2.14. The maximum Gasteiger partial charge on any atom is 0.290 e. The average Bonchev–Trinajstić information content (AvgIpc) is 2.14. The van der Waals surface area contributed by atoms with Crippen LogP contribution in [0, 0.1) is 0 Å². The Morgan fingerprint density at radius 3 is 2.93 bits per heavy atom. The third-order valence-corrected chi connectivity index (χ3v) is 3.08. The third kappa shape index (κ3) is 1.52. The normalized spacial score (nSPS) is 18.6. The molecular formula is C10H15N3O. The van der Waals surface area contributed by atoms with E-state index >= 15 is 0 Å². The smallest absolute Gasteiger partial charge is 0.290 e. The van der Waals surface area contributed by atoms with E-state index < -0.39 is 0 Å². The molecule has 1 fully saturated rings. The molecule has 0 aromatic carbocycles. The monoisotopic (exact) mass is 193 g/mol. The van der Waals surface area contributed by atoms with Crippen molar-refractivity contribution < 1.29 is 0 Å². The van der Waals surface area contributed by atoms with Crippen LogP contribution in [-0.4, -0.2) is 15.5 Å². The second kappa shape index (κ2) is 3.44. The van der Waals surface area contributed by atoms with Crippen molar-refractivity contribution in [3.63, 3.8) is 0 Å². The van der Waals surface area contributed by atoms with E-state index in [0.29, 0.717) is 5.82 Å². The van der Waals surface area contributed by atoms with E-state index in [9.17, 15) is 4.79 Å². The van der Waals surface area contributed by atoms with Crippen LogP contribution in [0.15, 0.2) is 17.2 Å². The van der Waals surface area contributed by atoms with Gasteiger partial charge >= 0.3 is 0 Å². The highest BCUT2D eigenvalue weighted by molar-refractivity contribution is 5.35. The minimum Gasteiger partial charge on any atom is -0.360 e. The van der Waals surface area contributed by atoms with Crippen LogP contribution in [0.5, 0.6) is 0 Å². The van der Waals surface area contributed by atoms with Gasteiger partial charge in [0.2, 0.25) is 0 Å². The van der Waals surface area contributed by atoms with E-state index in [-0.39, 0.29) is 11.1 Å². The molecule has 4 nitrogen and oxygen atoms in total. The maximum atomic E-state index is 11.4. The lowest BCUT2D eigenvalue weighted by molar-refractivity contribution is 0.268. The number of H-pyrrole nitrogens is 1. The molecule has 1 saturated carbocycles. The van der Waals surface area contributed by atoms with Crippen molar-refractivity contribution in [2.75, 3.05) is 5.32 Å². The van der Waals surface area contributed by atoms with Crippen LogP contribution in [-0.2, 0) is 0 Å². The molecule has 0 saturated heterocycles. The molecule has 0 amide bonds. The summed E-state index contributed by atoms with van der Waals surface area (Å²) >= 11 is 0. The highest BCUT2D eigenvalue weighted by Gasteiger charge is 2.35. The predicted molar refractivity (Wildman–Crippen MR) is 55.4 cm³/mol. The summed E-state index contributed by atoms with van der Waals surface area (Å²) in [5, 5.41) is 3.25. The highest BCUT2D eigenvalue weighted by atomic mass is 16.1. The lowest BCUT2D eigenvalue weighted by atomic mass is 9.75. The maximum absolute atomic E-state index is 11.4. The van der Waals surface area contributed by atoms with Crippen LogP contribution in [0.4, 0.5) is 5.82 Å². The first kappa shape index (κ1) is 9.24. The van der Waals surface area contributed by atoms with Gasteiger partial charge in [0.15, 0.2) is 5.82 Å². The molecule has 1 aromatic rings. The summed E-state index contributed by atoms with van der Waals surface area (Å²) in [5.41, 5.74) is -0.00586. The predicted octanol–water partition coefficient (Wildman–Crippen LogP) is 1.51. The highest BCUT2D eigenvalue weighted by Crippen LogP contribution is 2.36. The Hall–Kier alpha value is -1.32. The van der Waals surface area contributed by atoms with Crippen LogP contribution in [0.25, 0.3) is 0 Å². The Balaban J connectivity index is 2.18. The largest absolute Gasteiger partial charge is 0.360 e. The topological polar surface area (TPSA) is 57.8 Å². The number of hydrogen-bond acceptors (Lipinski definition) is 3. The summed E-state index contributed by atoms with van der Waals surface area (Å²) in [7, 11) is 0. The van der Waals surface area contributed by atoms with E-state index in [1.807, 2.05) is 0 Å². The van der Waals surface area contributed by atoms with E-state index in [0.717, 1.165) is 19.3 Å². The third-order valence-electron chi connectivity index (χ3n) is 3.08. The van der Waals surface area contributed by atoms with Crippen molar-refractivity contribution in [2.24, 2.45) is 0 Å². The summed E-state index contributed by atoms with van der Waals surface area (Å²) < 4.78 is 0. The molecule has 1 heterocycles. The summed E-state index contributed by atoms with van der Waals surface area (Å²) in [4.78, 5) is 18.0. The van der Waals surface area contributed by atoms with E-state index in [2.05, 4.69) is 22.2 Å². The van der Waals surface area contributed by atoms with Crippen molar-refractivity contribution in [2.45, 2.75) is 38.1 Å². The lowest BCUT2D eigenvalue weighted by Gasteiger charge is -2.42. The first-order valence-corrected chi connectivity index (χ1v) is 5.08. The first-order chi connectivity index (χ1) is 6.76. The van der Waals surface area contributed by atoms with Gasteiger partial charge in [0.05, 0.1) is 0 Å². The fourth-order valence-electron chi connectivity index (χ4n) is 1.86. The summed E-state index contributed by atoms with van der Waals surface area (Å²) in [6, 6.07) is 0. The number of rotatable bonds is 3. The van der Waals surface area contributed by atoms with Gasteiger partial charge in [0.1, 0.15) is 0 Å². The number of hydrogen-bond donors (Lipinski definition) is 2. The molecule has 0 spiro atoms. The zero-order valence-electron chi connectivity index (χ0n) is 8.34. The van der Waals surface area contributed by atoms with Gasteiger partial charge < -0.3 is 10.3 Å². The van der Waals surface area contributed by atoms with Gasteiger partial charge in [-0.2, -0.15) is 0 Å². The zero-order valence-corrected chi connectivity index (χ0v) is 8.34. The van der Waals surface area contributed by atoms with Crippen molar-refractivity contribution in [1.29, 1.82) is 0 Å². The molecule has 1 aliphatic carbocycles. The van der Waals surface area contributed by atoms with Crippen LogP contribution in [0.2, 0.25) is 0 Å².